The standard InChI is InChI=1S/C14H24N2O2S/c1-4-16-13(9-11(2)3)10-12-5-7-14(8-6-12)19(15,17)18/h5-8,11,13,16H,4,9-10H2,1-3H3,(H2,15,17,18). The second-order valence-corrected chi connectivity index (χ2v) is 6.84. The fraction of sp³-hybridized carbons (Fsp3) is 0.571. The SMILES string of the molecule is CCNC(Cc1ccc(S(N)(=O)=O)cc1)CC(C)C. The number of nitrogens with two attached hydrogens (primary N) is 1. The third kappa shape index (κ3) is 5.72. The third-order valence-corrected chi connectivity index (χ3v) is 3.91. The molecule has 0 amide bonds. The molecule has 0 saturated heterocycles. The lowest BCUT2D eigenvalue weighted by Gasteiger charge is -2.20. The lowest BCUT2D eigenvalue weighted by Crippen LogP contribution is -2.32. The number of benzene rings is 1. The monoisotopic (exact) mass is 284 g/mol. The highest BCUT2D eigenvalue weighted by Crippen LogP contribution is 2.14. The van der Waals surface area contributed by atoms with Crippen LogP contribution in [0.25, 0.3) is 0 Å². The van der Waals surface area contributed by atoms with Crippen LogP contribution in [0.4, 0.5) is 0 Å². The Balaban J connectivity index is 2.74. The summed E-state index contributed by atoms with van der Waals surface area (Å²) in [6.07, 6.45) is 2.00. The highest BCUT2D eigenvalue weighted by atomic mass is 32.2. The van der Waals surface area contributed by atoms with Gasteiger partial charge in [-0.1, -0.05) is 32.9 Å². The van der Waals surface area contributed by atoms with Crippen LogP contribution in [-0.2, 0) is 16.4 Å². The maximum Gasteiger partial charge on any atom is 0.238 e. The molecule has 0 spiro atoms. The first-order valence-electron chi connectivity index (χ1n) is 6.68. The molecular formula is C14H24N2O2S. The van der Waals surface area contributed by atoms with E-state index in [0.29, 0.717) is 12.0 Å². The molecular weight excluding hydrogens is 260 g/mol. The fourth-order valence-corrected chi connectivity index (χ4v) is 2.71. The lowest BCUT2D eigenvalue weighted by atomic mass is 9.97. The van der Waals surface area contributed by atoms with Crippen LogP contribution in [-0.4, -0.2) is 21.0 Å². The van der Waals surface area contributed by atoms with E-state index in [0.717, 1.165) is 24.9 Å². The number of hydrogen-bond donors (Lipinski definition) is 2. The number of sulfonamides is 1. The molecule has 4 nitrogen and oxygen atoms in total. The van der Waals surface area contributed by atoms with Crippen LogP contribution in [0.1, 0.15) is 32.8 Å². The summed E-state index contributed by atoms with van der Waals surface area (Å²) in [7, 11) is -3.59. The number of rotatable bonds is 7. The van der Waals surface area contributed by atoms with Gasteiger partial charge in [0.1, 0.15) is 0 Å². The van der Waals surface area contributed by atoms with Gasteiger partial charge in [-0.3, -0.25) is 0 Å². The molecule has 1 atom stereocenters. The van der Waals surface area contributed by atoms with Crippen LogP contribution in [0.5, 0.6) is 0 Å². The van der Waals surface area contributed by atoms with E-state index in [4.69, 9.17) is 5.14 Å². The topological polar surface area (TPSA) is 72.2 Å². The summed E-state index contributed by atoms with van der Waals surface area (Å²) >= 11 is 0. The molecule has 108 valence electrons. The van der Waals surface area contributed by atoms with Crippen LogP contribution >= 0.6 is 0 Å². The third-order valence-electron chi connectivity index (χ3n) is 2.98. The molecule has 1 rings (SSSR count). The number of nitrogens with one attached hydrogen (secondary N) is 1. The van der Waals surface area contributed by atoms with Gasteiger partial charge < -0.3 is 5.32 Å². The summed E-state index contributed by atoms with van der Waals surface area (Å²) in [4.78, 5) is 0.167. The summed E-state index contributed by atoms with van der Waals surface area (Å²) in [6, 6.07) is 7.24. The van der Waals surface area contributed by atoms with Crippen LogP contribution in [0, 0.1) is 5.92 Å². The summed E-state index contributed by atoms with van der Waals surface area (Å²) in [5.74, 6) is 0.632. The molecule has 1 aromatic carbocycles. The van der Waals surface area contributed by atoms with Crippen molar-refractivity contribution in [2.75, 3.05) is 6.54 Å². The van der Waals surface area contributed by atoms with E-state index in [1.165, 1.54) is 0 Å². The van der Waals surface area contributed by atoms with Crippen LogP contribution in [0.2, 0.25) is 0 Å². The lowest BCUT2D eigenvalue weighted by molar-refractivity contribution is 0.424. The summed E-state index contributed by atoms with van der Waals surface area (Å²) in [5.41, 5.74) is 1.12. The van der Waals surface area contributed by atoms with Crippen LogP contribution in [0.15, 0.2) is 29.2 Å². The Morgan fingerprint density at radius 1 is 1.21 bits per heavy atom. The molecule has 0 aliphatic heterocycles. The molecule has 1 aromatic rings. The summed E-state index contributed by atoms with van der Waals surface area (Å²) < 4.78 is 22.4. The van der Waals surface area contributed by atoms with Crippen molar-refractivity contribution in [2.24, 2.45) is 11.1 Å². The average molecular weight is 284 g/mol. The molecule has 0 fully saturated rings. The first kappa shape index (κ1) is 16.1. The molecule has 0 aromatic heterocycles. The zero-order valence-electron chi connectivity index (χ0n) is 11.9. The zero-order chi connectivity index (χ0) is 14.5. The molecule has 0 saturated carbocycles. The molecule has 0 heterocycles. The largest absolute Gasteiger partial charge is 0.314 e. The van der Waals surface area contributed by atoms with Gasteiger partial charge in [-0.25, -0.2) is 13.6 Å². The first-order valence-corrected chi connectivity index (χ1v) is 8.22. The predicted octanol–water partition coefficient (Wildman–Crippen LogP) is 1.90. The molecule has 19 heavy (non-hydrogen) atoms. The molecule has 3 N–H and O–H groups in total. The fourth-order valence-electron chi connectivity index (χ4n) is 2.20. The molecule has 0 aliphatic carbocycles. The van der Waals surface area contributed by atoms with Gasteiger partial charge in [0.25, 0.3) is 0 Å². The van der Waals surface area contributed by atoms with E-state index in [1.807, 2.05) is 12.1 Å². The van der Waals surface area contributed by atoms with Gasteiger partial charge in [0, 0.05) is 6.04 Å². The minimum Gasteiger partial charge on any atom is -0.314 e. The Morgan fingerprint density at radius 3 is 2.21 bits per heavy atom. The predicted molar refractivity (Wildman–Crippen MR) is 78.4 cm³/mol. The van der Waals surface area contributed by atoms with E-state index in [2.05, 4.69) is 26.1 Å². The van der Waals surface area contributed by atoms with Crippen LogP contribution in [0.3, 0.4) is 0 Å². The van der Waals surface area contributed by atoms with Crippen molar-refractivity contribution in [1.82, 2.24) is 5.32 Å². The summed E-state index contributed by atoms with van der Waals surface area (Å²) in [5, 5.41) is 8.55. The van der Waals surface area contributed by atoms with E-state index < -0.39 is 10.0 Å². The average Bonchev–Trinajstić information content (AvgIpc) is 2.28. The minimum atomic E-state index is -3.59. The second-order valence-electron chi connectivity index (χ2n) is 5.28. The van der Waals surface area contributed by atoms with E-state index in [9.17, 15) is 8.42 Å². The summed E-state index contributed by atoms with van der Waals surface area (Å²) in [6.45, 7) is 7.44. The zero-order valence-corrected chi connectivity index (χ0v) is 12.7. The van der Waals surface area contributed by atoms with Crippen molar-refractivity contribution in [1.29, 1.82) is 0 Å². The van der Waals surface area contributed by atoms with Gasteiger partial charge in [0.05, 0.1) is 4.90 Å². The molecule has 0 bridgehead atoms. The Labute approximate surface area is 116 Å². The van der Waals surface area contributed by atoms with Gasteiger partial charge in [-0.15, -0.1) is 0 Å². The smallest absolute Gasteiger partial charge is 0.238 e. The Bertz CT molecular complexity index is 481. The van der Waals surface area contributed by atoms with Gasteiger partial charge in [0.2, 0.25) is 10.0 Å². The van der Waals surface area contributed by atoms with Gasteiger partial charge in [0.15, 0.2) is 0 Å². The van der Waals surface area contributed by atoms with Crippen molar-refractivity contribution >= 4 is 10.0 Å². The maximum atomic E-state index is 11.2. The highest BCUT2D eigenvalue weighted by molar-refractivity contribution is 7.89. The van der Waals surface area contributed by atoms with Gasteiger partial charge in [-0.05, 0) is 43.0 Å². The van der Waals surface area contributed by atoms with Gasteiger partial charge in [-0.2, -0.15) is 0 Å². The molecule has 0 radical (unpaired) electrons. The van der Waals surface area contributed by atoms with Gasteiger partial charge >= 0.3 is 0 Å². The highest BCUT2D eigenvalue weighted by Gasteiger charge is 2.12. The van der Waals surface area contributed by atoms with Crippen molar-refractivity contribution in [3.63, 3.8) is 0 Å². The minimum absolute atomic E-state index is 0.167. The first-order chi connectivity index (χ1) is 8.82. The van der Waals surface area contributed by atoms with Crippen molar-refractivity contribution < 1.29 is 8.42 Å². The van der Waals surface area contributed by atoms with Crippen LogP contribution < -0.4 is 10.5 Å². The molecule has 5 heteroatoms. The second kappa shape index (κ2) is 7.03. The number of likely N-dealkylation sites (N-methyl/N-ethyl adjacent to an activating group) is 1. The Morgan fingerprint density at radius 2 is 1.79 bits per heavy atom. The number of hydrogen-bond acceptors (Lipinski definition) is 3. The van der Waals surface area contributed by atoms with Crippen molar-refractivity contribution in [3.8, 4) is 0 Å². The maximum absolute atomic E-state index is 11.2. The molecule has 0 aliphatic rings. The Kier molecular flexibility index (Phi) is 5.97. The normalized spacial score (nSPS) is 13.7. The molecule has 1 unspecified atom stereocenters. The Hall–Kier alpha value is -0.910. The quantitative estimate of drug-likeness (QED) is 0.803. The van der Waals surface area contributed by atoms with E-state index >= 15 is 0 Å². The van der Waals surface area contributed by atoms with E-state index in [-0.39, 0.29) is 4.90 Å². The number of primary sulfonamides is 1. The van der Waals surface area contributed by atoms with E-state index in [1.54, 1.807) is 12.1 Å². The van der Waals surface area contributed by atoms with Crippen molar-refractivity contribution in [3.05, 3.63) is 29.8 Å². The van der Waals surface area contributed by atoms with Crippen molar-refractivity contribution in [2.45, 2.75) is 44.6 Å².